The van der Waals surface area contributed by atoms with Gasteiger partial charge in [-0.25, -0.2) is 17.2 Å². The van der Waals surface area contributed by atoms with Crippen LogP contribution in [0.25, 0.3) is 0 Å². The number of rotatable bonds is 5. The second-order valence-electron chi connectivity index (χ2n) is 4.58. The molecule has 0 aliphatic carbocycles. The molecular formula is C14H10F5NO3S. The van der Waals surface area contributed by atoms with E-state index in [2.05, 4.69) is 4.74 Å². The first-order valence-corrected chi connectivity index (χ1v) is 7.83. The molecule has 0 aliphatic heterocycles. The summed E-state index contributed by atoms with van der Waals surface area (Å²) in [6, 6.07) is 6.76. The SMILES string of the molecule is O=S(=O)(Nc1ccccc1OCC(F)(F)F)c1ccc(F)cc1F. The minimum Gasteiger partial charge on any atom is -0.482 e. The zero-order valence-corrected chi connectivity index (χ0v) is 12.6. The third kappa shape index (κ3) is 4.57. The van der Waals surface area contributed by atoms with Gasteiger partial charge in [-0.05, 0) is 24.3 Å². The number of nitrogens with one attached hydrogen (secondary N) is 1. The Balaban J connectivity index is 2.30. The summed E-state index contributed by atoms with van der Waals surface area (Å²) < 4.78 is 93.8. The predicted molar refractivity (Wildman–Crippen MR) is 75.2 cm³/mol. The molecule has 0 spiro atoms. The van der Waals surface area contributed by atoms with Crippen molar-refractivity contribution in [3.8, 4) is 5.75 Å². The van der Waals surface area contributed by atoms with Crippen LogP contribution in [0.15, 0.2) is 47.4 Å². The maximum Gasteiger partial charge on any atom is 0.422 e. The van der Waals surface area contributed by atoms with Crippen molar-refractivity contribution in [3.63, 3.8) is 0 Å². The summed E-state index contributed by atoms with van der Waals surface area (Å²) in [5, 5.41) is 0. The van der Waals surface area contributed by atoms with Crippen molar-refractivity contribution in [1.29, 1.82) is 0 Å². The van der Waals surface area contributed by atoms with Crippen LogP contribution in [-0.4, -0.2) is 21.2 Å². The van der Waals surface area contributed by atoms with Crippen LogP contribution in [0.4, 0.5) is 27.6 Å². The molecule has 0 saturated heterocycles. The van der Waals surface area contributed by atoms with E-state index >= 15 is 0 Å². The second kappa shape index (κ2) is 6.63. The lowest BCUT2D eigenvalue weighted by Crippen LogP contribution is -2.20. The summed E-state index contributed by atoms with van der Waals surface area (Å²) in [7, 11) is -4.49. The molecule has 0 aliphatic rings. The van der Waals surface area contributed by atoms with E-state index in [-0.39, 0.29) is 11.4 Å². The number of alkyl halides is 3. The first kappa shape index (κ1) is 18.0. The van der Waals surface area contributed by atoms with Crippen LogP contribution < -0.4 is 9.46 Å². The van der Waals surface area contributed by atoms with E-state index in [9.17, 15) is 30.4 Å². The Bertz CT molecular complexity index is 837. The Kier molecular flexibility index (Phi) is 4.97. The molecule has 0 atom stereocenters. The van der Waals surface area contributed by atoms with E-state index < -0.39 is 39.3 Å². The average Bonchev–Trinajstić information content (AvgIpc) is 2.44. The molecule has 2 aromatic carbocycles. The van der Waals surface area contributed by atoms with Gasteiger partial charge in [0.25, 0.3) is 10.0 Å². The van der Waals surface area contributed by atoms with Gasteiger partial charge in [-0.15, -0.1) is 0 Å². The molecule has 0 amide bonds. The molecule has 0 aromatic heterocycles. The maximum absolute atomic E-state index is 13.6. The van der Waals surface area contributed by atoms with Gasteiger partial charge in [-0.3, -0.25) is 4.72 Å². The van der Waals surface area contributed by atoms with Crippen LogP contribution in [0.3, 0.4) is 0 Å². The van der Waals surface area contributed by atoms with Gasteiger partial charge in [-0.2, -0.15) is 13.2 Å². The van der Waals surface area contributed by atoms with Gasteiger partial charge in [0.2, 0.25) is 0 Å². The Morgan fingerprint density at radius 1 is 1.04 bits per heavy atom. The lowest BCUT2D eigenvalue weighted by atomic mass is 10.3. The fourth-order valence-electron chi connectivity index (χ4n) is 1.73. The smallest absolute Gasteiger partial charge is 0.422 e. The molecule has 0 bridgehead atoms. The highest BCUT2D eigenvalue weighted by Gasteiger charge is 2.29. The van der Waals surface area contributed by atoms with Crippen LogP contribution in [0.1, 0.15) is 0 Å². The van der Waals surface area contributed by atoms with E-state index in [0.29, 0.717) is 12.1 Å². The van der Waals surface area contributed by atoms with Crippen molar-refractivity contribution in [2.24, 2.45) is 0 Å². The van der Waals surface area contributed by atoms with Gasteiger partial charge in [-0.1, -0.05) is 12.1 Å². The molecule has 130 valence electrons. The number of benzene rings is 2. The summed E-state index contributed by atoms with van der Waals surface area (Å²) in [6.45, 7) is -1.63. The van der Waals surface area contributed by atoms with E-state index in [1.54, 1.807) is 0 Å². The van der Waals surface area contributed by atoms with Crippen molar-refractivity contribution in [3.05, 3.63) is 54.1 Å². The van der Waals surface area contributed by atoms with Crippen LogP contribution in [0.5, 0.6) is 5.75 Å². The Labute approximate surface area is 133 Å². The van der Waals surface area contributed by atoms with Crippen molar-refractivity contribution in [1.82, 2.24) is 0 Å². The van der Waals surface area contributed by atoms with E-state index in [1.807, 2.05) is 4.72 Å². The normalized spacial score (nSPS) is 12.0. The van der Waals surface area contributed by atoms with Gasteiger partial charge in [0, 0.05) is 6.07 Å². The molecule has 0 heterocycles. The van der Waals surface area contributed by atoms with Crippen LogP contribution >= 0.6 is 0 Å². The minimum atomic E-state index is -4.62. The van der Waals surface area contributed by atoms with Gasteiger partial charge in [0.05, 0.1) is 5.69 Å². The van der Waals surface area contributed by atoms with Crippen molar-refractivity contribution in [2.75, 3.05) is 11.3 Å². The molecule has 2 aromatic rings. The molecule has 2 rings (SSSR count). The molecule has 0 unspecified atom stereocenters. The Morgan fingerprint density at radius 2 is 1.71 bits per heavy atom. The Morgan fingerprint density at radius 3 is 2.33 bits per heavy atom. The minimum absolute atomic E-state index is 0.314. The first-order valence-electron chi connectivity index (χ1n) is 6.35. The van der Waals surface area contributed by atoms with Gasteiger partial charge in [0.15, 0.2) is 6.61 Å². The molecule has 4 nitrogen and oxygen atoms in total. The molecule has 24 heavy (non-hydrogen) atoms. The van der Waals surface area contributed by atoms with Crippen molar-refractivity contribution < 1.29 is 35.1 Å². The van der Waals surface area contributed by atoms with Gasteiger partial charge in [0.1, 0.15) is 22.3 Å². The highest BCUT2D eigenvalue weighted by atomic mass is 32.2. The summed E-state index contributed by atoms with van der Waals surface area (Å²) in [5.41, 5.74) is -0.314. The highest BCUT2D eigenvalue weighted by molar-refractivity contribution is 7.92. The third-order valence-corrected chi connectivity index (χ3v) is 4.10. The fraction of sp³-hybridized carbons (Fsp3) is 0.143. The molecule has 10 heteroatoms. The quantitative estimate of drug-likeness (QED) is 0.820. The number of halogens is 5. The van der Waals surface area contributed by atoms with Crippen molar-refractivity contribution >= 4 is 15.7 Å². The molecule has 0 saturated carbocycles. The summed E-state index contributed by atoms with van der Waals surface area (Å²) in [5.74, 6) is -2.70. The van der Waals surface area contributed by atoms with Crippen LogP contribution in [0, 0.1) is 11.6 Å². The van der Waals surface area contributed by atoms with Gasteiger partial charge >= 0.3 is 6.18 Å². The predicted octanol–water partition coefficient (Wildman–Crippen LogP) is 3.71. The highest BCUT2D eigenvalue weighted by Crippen LogP contribution is 2.29. The van der Waals surface area contributed by atoms with E-state index in [1.165, 1.54) is 12.1 Å². The van der Waals surface area contributed by atoms with Gasteiger partial charge < -0.3 is 4.74 Å². The number of hydrogen-bond donors (Lipinski definition) is 1. The second-order valence-corrected chi connectivity index (χ2v) is 6.23. The van der Waals surface area contributed by atoms with Crippen LogP contribution in [-0.2, 0) is 10.0 Å². The Hall–Kier alpha value is -2.36. The topological polar surface area (TPSA) is 55.4 Å². The molecule has 0 radical (unpaired) electrons. The zero-order chi connectivity index (χ0) is 18.0. The number of hydrogen-bond acceptors (Lipinski definition) is 3. The molecule has 1 N–H and O–H groups in total. The maximum atomic E-state index is 13.6. The van der Waals surface area contributed by atoms with E-state index in [0.717, 1.165) is 18.2 Å². The largest absolute Gasteiger partial charge is 0.482 e. The zero-order valence-electron chi connectivity index (χ0n) is 11.8. The number of sulfonamides is 1. The fourth-order valence-corrected chi connectivity index (χ4v) is 2.86. The van der Waals surface area contributed by atoms with Crippen molar-refractivity contribution in [2.45, 2.75) is 11.1 Å². The molecular weight excluding hydrogens is 357 g/mol. The number of ether oxygens (including phenoxy) is 1. The summed E-state index contributed by atoms with van der Waals surface area (Å²) in [4.78, 5) is -0.852. The van der Waals surface area contributed by atoms with E-state index in [4.69, 9.17) is 0 Å². The molecule has 0 fully saturated rings. The third-order valence-electron chi connectivity index (χ3n) is 2.71. The summed E-state index contributed by atoms with van der Waals surface area (Å²) in [6.07, 6.45) is -4.62. The monoisotopic (exact) mass is 367 g/mol. The summed E-state index contributed by atoms with van der Waals surface area (Å²) >= 11 is 0. The first-order chi connectivity index (χ1) is 11.1. The number of anilines is 1. The average molecular weight is 367 g/mol. The standard InChI is InChI=1S/C14H10F5NO3S/c15-9-5-6-13(10(16)7-9)24(21,22)20-11-3-1-2-4-12(11)23-8-14(17,18)19/h1-7,20H,8H2. The number of para-hydroxylation sites is 2. The lowest BCUT2D eigenvalue weighted by Gasteiger charge is -2.15. The van der Waals surface area contributed by atoms with Crippen LogP contribution in [0.2, 0.25) is 0 Å². The lowest BCUT2D eigenvalue weighted by molar-refractivity contribution is -0.153.